The largest absolute Gasteiger partial charge is 0.383 e. The van der Waals surface area contributed by atoms with Gasteiger partial charge in [0, 0.05) is 29.6 Å². The number of nitrogens with one attached hydrogen (secondary N) is 2. The van der Waals surface area contributed by atoms with Crippen molar-refractivity contribution in [2.24, 2.45) is 0 Å². The van der Waals surface area contributed by atoms with Crippen LogP contribution < -0.4 is 16.4 Å². The molecule has 0 saturated carbocycles. The number of nitrogens with zero attached hydrogens (tertiary/aromatic N) is 1. The number of pyridine rings is 1. The van der Waals surface area contributed by atoms with E-state index >= 15 is 0 Å². The fraction of sp³-hybridized carbons (Fsp3) is 0.208. The van der Waals surface area contributed by atoms with Crippen LogP contribution >= 0.6 is 0 Å². The standard InChI is InChI=1S/C24H24F2N4O2/c1-13(2)29-24(32)21-10-16(12-28-23(21)27)20-5-4-19(6-14(20)3)30-22(31)9-15-7-17(25)11-18(26)8-15/h4-8,10-13H,9H2,1-3H3,(H2,27,28)(H,29,32)(H,30,31). The van der Waals surface area contributed by atoms with Gasteiger partial charge in [-0.25, -0.2) is 13.8 Å². The van der Waals surface area contributed by atoms with Gasteiger partial charge >= 0.3 is 0 Å². The molecular weight excluding hydrogens is 414 g/mol. The van der Waals surface area contributed by atoms with E-state index in [2.05, 4.69) is 15.6 Å². The molecule has 0 aliphatic rings. The second kappa shape index (κ2) is 9.55. The van der Waals surface area contributed by atoms with Crippen LogP contribution in [-0.2, 0) is 11.2 Å². The molecule has 6 nitrogen and oxygen atoms in total. The Balaban J connectivity index is 1.78. The van der Waals surface area contributed by atoms with Gasteiger partial charge in [-0.2, -0.15) is 0 Å². The van der Waals surface area contributed by atoms with Crippen molar-refractivity contribution in [3.63, 3.8) is 0 Å². The summed E-state index contributed by atoms with van der Waals surface area (Å²) < 4.78 is 26.6. The molecule has 0 saturated heterocycles. The lowest BCUT2D eigenvalue weighted by Crippen LogP contribution is -2.30. The van der Waals surface area contributed by atoms with Crippen molar-refractivity contribution >= 4 is 23.3 Å². The minimum absolute atomic E-state index is 0.0425. The van der Waals surface area contributed by atoms with Crippen LogP contribution in [0.15, 0.2) is 48.7 Å². The molecular formula is C24H24F2N4O2. The van der Waals surface area contributed by atoms with E-state index in [1.807, 2.05) is 20.8 Å². The molecule has 8 heteroatoms. The lowest BCUT2D eigenvalue weighted by molar-refractivity contribution is -0.115. The first kappa shape index (κ1) is 22.9. The van der Waals surface area contributed by atoms with E-state index < -0.39 is 17.5 Å². The molecule has 3 aromatic rings. The van der Waals surface area contributed by atoms with E-state index in [1.165, 1.54) is 0 Å². The minimum Gasteiger partial charge on any atom is -0.383 e. The van der Waals surface area contributed by atoms with E-state index in [0.29, 0.717) is 11.3 Å². The Morgan fingerprint density at radius 2 is 1.75 bits per heavy atom. The van der Waals surface area contributed by atoms with Crippen molar-refractivity contribution in [2.45, 2.75) is 33.2 Å². The fourth-order valence-electron chi connectivity index (χ4n) is 3.31. The number of rotatable bonds is 6. The first-order valence-electron chi connectivity index (χ1n) is 10.0. The van der Waals surface area contributed by atoms with E-state index in [-0.39, 0.29) is 35.3 Å². The number of nitrogens with two attached hydrogens (primary N) is 1. The van der Waals surface area contributed by atoms with Crippen molar-refractivity contribution in [1.82, 2.24) is 10.3 Å². The van der Waals surface area contributed by atoms with Crippen LogP contribution in [0.25, 0.3) is 11.1 Å². The Morgan fingerprint density at radius 1 is 1.06 bits per heavy atom. The highest BCUT2D eigenvalue weighted by atomic mass is 19.1. The molecule has 2 amide bonds. The summed E-state index contributed by atoms with van der Waals surface area (Å²) in [6.07, 6.45) is 1.42. The van der Waals surface area contributed by atoms with Gasteiger partial charge in [-0.1, -0.05) is 6.07 Å². The zero-order valence-electron chi connectivity index (χ0n) is 18.0. The molecule has 0 spiro atoms. The minimum atomic E-state index is -0.730. The summed E-state index contributed by atoms with van der Waals surface area (Å²) in [4.78, 5) is 28.8. The van der Waals surface area contributed by atoms with Crippen molar-refractivity contribution < 1.29 is 18.4 Å². The monoisotopic (exact) mass is 438 g/mol. The molecule has 0 bridgehead atoms. The molecule has 1 heterocycles. The van der Waals surface area contributed by atoms with Crippen LogP contribution in [0.5, 0.6) is 0 Å². The van der Waals surface area contributed by atoms with Crippen molar-refractivity contribution in [3.8, 4) is 11.1 Å². The molecule has 32 heavy (non-hydrogen) atoms. The number of halogens is 2. The number of benzene rings is 2. The van der Waals surface area contributed by atoms with Gasteiger partial charge in [0.25, 0.3) is 5.91 Å². The Bertz CT molecular complexity index is 1160. The molecule has 0 unspecified atom stereocenters. The topological polar surface area (TPSA) is 97.1 Å². The molecule has 0 atom stereocenters. The molecule has 0 fully saturated rings. The fourth-order valence-corrected chi connectivity index (χ4v) is 3.31. The van der Waals surface area contributed by atoms with E-state index in [4.69, 9.17) is 5.73 Å². The van der Waals surface area contributed by atoms with Crippen LogP contribution in [0.2, 0.25) is 0 Å². The molecule has 0 radical (unpaired) electrons. The summed E-state index contributed by atoms with van der Waals surface area (Å²) in [5, 5.41) is 5.52. The Labute approximate surface area is 184 Å². The summed E-state index contributed by atoms with van der Waals surface area (Å²) in [6, 6.07) is 9.91. The number of hydrogen-bond acceptors (Lipinski definition) is 4. The first-order valence-corrected chi connectivity index (χ1v) is 10.0. The molecule has 166 valence electrons. The van der Waals surface area contributed by atoms with Crippen LogP contribution in [0.3, 0.4) is 0 Å². The van der Waals surface area contributed by atoms with Crippen LogP contribution in [-0.4, -0.2) is 22.8 Å². The summed E-state index contributed by atoms with van der Waals surface area (Å²) in [7, 11) is 0. The number of hydrogen-bond donors (Lipinski definition) is 3. The molecule has 4 N–H and O–H groups in total. The van der Waals surface area contributed by atoms with Gasteiger partial charge in [0.15, 0.2) is 0 Å². The molecule has 3 rings (SSSR count). The average Bonchev–Trinajstić information content (AvgIpc) is 2.67. The lowest BCUT2D eigenvalue weighted by atomic mass is 9.99. The van der Waals surface area contributed by atoms with Gasteiger partial charge < -0.3 is 16.4 Å². The van der Waals surface area contributed by atoms with Gasteiger partial charge in [-0.05, 0) is 67.8 Å². The predicted octanol–water partition coefficient (Wildman–Crippen LogP) is 4.24. The maximum atomic E-state index is 13.3. The van der Waals surface area contributed by atoms with E-state index in [0.717, 1.165) is 29.3 Å². The summed E-state index contributed by atoms with van der Waals surface area (Å²) in [5.74, 6) is -2.02. The van der Waals surface area contributed by atoms with E-state index in [1.54, 1.807) is 30.5 Å². The highest BCUT2D eigenvalue weighted by Crippen LogP contribution is 2.27. The van der Waals surface area contributed by atoms with Gasteiger partial charge in [0.1, 0.15) is 17.5 Å². The third-order valence-electron chi connectivity index (χ3n) is 4.69. The molecule has 2 aromatic carbocycles. The van der Waals surface area contributed by atoms with Gasteiger partial charge in [0.2, 0.25) is 5.91 Å². The Kier molecular flexibility index (Phi) is 6.82. The van der Waals surface area contributed by atoms with Crippen molar-refractivity contribution in [1.29, 1.82) is 0 Å². The van der Waals surface area contributed by atoms with Crippen LogP contribution in [0.4, 0.5) is 20.3 Å². The molecule has 1 aromatic heterocycles. The summed E-state index contributed by atoms with van der Waals surface area (Å²) in [6.45, 7) is 5.57. The zero-order chi connectivity index (χ0) is 23.4. The first-order chi connectivity index (χ1) is 15.1. The quantitative estimate of drug-likeness (QED) is 0.536. The van der Waals surface area contributed by atoms with Gasteiger partial charge in [-0.15, -0.1) is 0 Å². The summed E-state index contributed by atoms with van der Waals surface area (Å²) in [5.41, 5.74) is 9.31. The van der Waals surface area contributed by atoms with E-state index in [9.17, 15) is 18.4 Å². The van der Waals surface area contributed by atoms with Crippen LogP contribution in [0.1, 0.15) is 35.3 Å². The number of aromatic nitrogens is 1. The predicted molar refractivity (Wildman–Crippen MR) is 120 cm³/mol. The summed E-state index contributed by atoms with van der Waals surface area (Å²) >= 11 is 0. The molecule has 0 aliphatic carbocycles. The Hall–Kier alpha value is -3.81. The number of nitrogen functional groups attached to an aromatic ring is 1. The smallest absolute Gasteiger partial charge is 0.255 e. The highest BCUT2D eigenvalue weighted by Gasteiger charge is 2.15. The third-order valence-corrected chi connectivity index (χ3v) is 4.69. The maximum Gasteiger partial charge on any atom is 0.255 e. The number of anilines is 2. The van der Waals surface area contributed by atoms with Gasteiger partial charge in [-0.3, -0.25) is 9.59 Å². The second-order valence-electron chi connectivity index (χ2n) is 7.82. The van der Waals surface area contributed by atoms with Crippen molar-refractivity contribution in [2.75, 3.05) is 11.1 Å². The third kappa shape index (κ3) is 5.66. The number of carbonyl (C=O) groups is 2. The SMILES string of the molecule is Cc1cc(NC(=O)Cc2cc(F)cc(F)c2)ccc1-c1cnc(N)c(C(=O)NC(C)C)c1. The van der Waals surface area contributed by atoms with Gasteiger partial charge in [0.05, 0.1) is 12.0 Å². The highest BCUT2D eigenvalue weighted by molar-refractivity contribution is 5.99. The normalized spacial score (nSPS) is 10.8. The average molecular weight is 438 g/mol. The zero-order valence-corrected chi connectivity index (χ0v) is 18.0. The number of amides is 2. The number of carbonyl (C=O) groups excluding carboxylic acids is 2. The van der Waals surface area contributed by atoms with Crippen molar-refractivity contribution in [3.05, 3.63) is 77.0 Å². The Morgan fingerprint density at radius 3 is 2.38 bits per heavy atom. The van der Waals surface area contributed by atoms with Crippen LogP contribution in [0, 0.1) is 18.6 Å². The molecule has 0 aliphatic heterocycles. The second-order valence-corrected chi connectivity index (χ2v) is 7.82. The lowest BCUT2D eigenvalue weighted by Gasteiger charge is -2.13. The number of aryl methyl sites for hydroxylation is 1. The maximum absolute atomic E-state index is 13.3.